The van der Waals surface area contributed by atoms with Crippen molar-refractivity contribution in [3.63, 3.8) is 0 Å². The fourth-order valence-electron chi connectivity index (χ4n) is 2.69. The van der Waals surface area contributed by atoms with E-state index < -0.39 is 0 Å². The van der Waals surface area contributed by atoms with Crippen molar-refractivity contribution in [2.45, 2.75) is 32.6 Å². The summed E-state index contributed by atoms with van der Waals surface area (Å²) in [4.78, 5) is 0. The molecule has 0 heterocycles. The highest BCUT2D eigenvalue weighted by Gasteiger charge is 2.28. The molecule has 0 nitrogen and oxygen atoms in total. The van der Waals surface area contributed by atoms with Crippen LogP contribution in [0.25, 0.3) is 0 Å². The molecule has 0 bridgehead atoms. The molecule has 0 N–H and O–H groups in total. The van der Waals surface area contributed by atoms with E-state index in [0.29, 0.717) is 0 Å². The first-order valence-electron chi connectivity index (χ1n) is 5.25. The maximum absolute atomic E-state index is 2.44. The van der Waals surface area contributed by atoms with Crippen molar-refractivity contribution in [2.24, 2.45) is 17.8 Å². The van der Waals surface area contributed by atoms with E-state index in [1.807, 2.05) is 0 Å². The van der Waals surface area contributed by atoms with Crippen LogP contribution < -0.4 is 0 Å². The number of allylic oxidation sites excluding steroid dienone is 4. The van der Waals surface area contributed by atoms with Crippen molar-refractivity contribution in [3.05, 3.63) is 31.7 Å². The minimum atomic E-state index is 0. The van der Waals surface area contributed by atoms with Crippen LogP contribution in [-0.4, -0.2) is 0 Å². The Morgan fingerprint density at radius 1 is 1.23 bits per heavy atom. The summed E-state index contributed by atoms with van der Waals surface area (Å²) in [7, 11) is 0. The van der Waals surface area contributed by atoms with Crippen LogP contribution in [-0.2, 0) is 0 Å². The van der Waals surface area contributed by atoms with Crippen molar-refractivity contribution in [1.82, 2.24) is 0 Å². The first kappa shape index (κ1) is 10.6. The molecule has 0 heteroatoms. The lowest BCUT2D eigenvalue weighted by atomic mass is 9.70. The van der Waals surface area contributed by atoms with Gasteiger partial charge < -0.3 is 0 Å². The van der Waals surface area contributed by atoms with E-state index in [-0.39, 0.29) is 7.43 Å². The Labute approximate surface area is 82.7 Å². The summed E-state index contributed by atoms with van der Waals surface area (Å²) in [6.45, 7) is 2.32. The summed E-state index contributed by atoms with van der Waals surface area (Å²) in [5, 5.41) is 0. The molecule has 2 aliphatic carbocycles. The Hall–Kier alpha value is -0.520. The van der Waals surface area contributed by atoms with Gasteiger partial charge in [-0.2, -0.15) is 0 Å². The van der Waals surface area contributed by atoms with Gasteiger partial charge in [-0.3, -0.25) is 0 Å². The van der Waals surface area contributed by atoms with Crippen LogP contribution in [0.1, 0.15) is 32.6 Å². The van der Waals surface area contributed by atoms with Crippen molar-refractivity contribution < 1.29 is 0 Å². The predicted octanol–water partition coefficient (Wildman–Crippen LogP) is 3.88. The van der Waals surface area contributed by atoms with Gasteiger partial charge in [-0.05, 0) is 43.4 Å². The third kappa shape index (κ3) is 2.04. The molecule has 3 unspecified atom stereocenters. The molecule has 2 aliphatic rings. The van der Waals surface area contributed by atoms with E-state index in [0.717, 1.165) is 17.8 Å². The van der Waals surface area contributed by atoms with Gasteiger partial charge in [0.15, 0.2) is 0 Å². The Morgan fingerprint density at radius 3 is 2.85 bits per heavy atom. The van der Waals surface area contributed by atoms with E-state index in [9.17, 15) is 0 Å². The van der Waals surface area contributed by atoms with Gasteiger partial charge in [0.25, 0.3) is 0 Å². The van der Waals surface area contributed by atoms with Crippen molar-refractivity contribution in [1.29, 1.82) is 0 Å². The summed E-state index contributed by atoms with van der Waals surface area (Å²) in [6, 6.07) is 0. The second-order valence-corrected chi connectivity index (χ2v) is 4.07. The van der Waals surface area contributed by atoms with Crippen molar-refractivity contribution in [3.8, 4) is 0 Å². The third-order valence-electron chi connectivity index (χ3n) is 3.41. The zero-order chi connectivity index (χ0) is 8.39. The lowest BCUT2D eigenvalue weighted by molar-refractivity contribution is 0.257. The van der Waals surface area contributed by atoms with Crippen LogP contribution in [0.3, 0.4) is 0 Å². The van der Waals surface area contributed by atoms with E-state index in [4.69, 9.17) is 0 Å². The molecule has 0 fully saturated rings. The van der Waals surface area contributed by atoms with Gasteiger partial charge in [0.2, 0.25) is 0 Å². The van der Waals surface area contributed by atoms with E-state index in [1.54, 1.807) is 0 Å². The summed E-state index contributed by atoms with van der Waals surface area (Å²) >= 11 is 0. The van der Waals surface area contributed by atoms with Gasteiger partial charge in [-0.1, -0.05) is 38.7 Å². The quantitative estimate of drug-likeness (QED) is 0.532. The second-order valence-electron chi connectivity index (χ2n) is 4.07. The summed E-state index contributed by atoms with van der Waals surface area (Å²) in [5.74, 6) is 2.70. The van der Waals surface area contributed by atoms with Crippen molar-refractivity contribution >= 4 is 0 Å². The number of fused-ring (bicyclic) bond motifs is 1. The minimum Gasteiger partial charge on any atom is -0.0882 e. The molecule has 72 valence electrons. The van der Waals surface area contributed by atoms with Gasteiger partial charge in [0, 0.05) is 0 Å². The molecular formula is C13H20. The predicted molar refractivity (Wildman–Crippen MR) is 58.2 cm³/mol. The lowest BCUT2D eigenvalue weighted by Crippen LogP contribution is -2.25. The summed E-state index contributed by atoms with van der Waals surface area (Å²) in [6.07, 6.45) is 15.0. The largest absolute Gasteiger partial charge is 0.0882 e. The Morgan fingerprint density at radius 2 is 2.08 bits per heavy atom. The highest BCUT2D eigenvalue weighted by molar-refractivity contribution is 5.08. The fraction of sp³-hybridized carbons (Fsp3) is 0.615. The molecule has 0 saturated heterocycles. The SMILES string of the molecule is CCC1C=CCC2C=CCCC12.[CH2]. The molecule has 2 rings (SSSR count). The van der Waals surface area contributed by atoms with Crippen LogP contribution in [0.2, 0.25) is 0 Å². The molecule has 0 aromatic rings. The summed E-state index contributed by atoms with van der Waals surface area (Å²) < 4.78 is 0. The number of hydrogen-bond donors (Lipinski definition) is 0. The average Bonchev–Trinajstić information content (AvgIpc) is 2.17. The highest BCUT2D eigenvalue weighted by atomic mass is 14.3. The molecule has 0 aromatic carbocycles. The molecule has 0 aliphatic heterocycles. The van der Waals surface area contributed by atoms with E-state index >= 15 is 0 Å². The van der Waals surface area contributed by atoms with Gasteiger partial charge in [0.1, 0.15) is 0 Å². The zero-order valence-electron chi connectivity index (χ0n) is 8.58. The van der Waals surface area contributed by atoms with Gasteiger partial charge >= 0.3 is 0 Å². The Bertz CT molecular complexity index is 200. The standard InChI is InChI=1S/C12H18.CH2/c1-2-10-7-5-8-11-6-3-4-9-12(10)11;/h3,5-7,10-12H,2,4,8-9H2,1H3;1H2. The third-order valence-corrected chi connectivity index (χ3v) is 3.41. The minimum absolute atomic E-state index is 0. The van der Waals surface area contributed by atoms with Crippen LogP contribution >= 0.6 is 0 Å². The number of hydrogen-bond acceptors (Lipinski definition) is 0. The molecule has 3 atom stereocenters. The van der Waals surface area contributed by atoms with Crippen molar-refractivity contribution in [2.75, 3.05) is 0 Å². The molecule has 2 radical (unpaired) electrons. The average molecular weight is 176 g/mol. The second kappa shape index (κ2) is 4.64. The van der Waals surface area contributed by atoms with Gasteiger partial charge in [-0.25, -0.2) is 0 Å². The van der Waals surface area contributed by atoms with E-state index in [2.05, 4.69) is 31.2 Å². The Balaban J connectivity index is 0.000000845. The lowest BCUT2D eigenvalue weighted by Gasteiger charge is -2.35. The molecule has 13 heavy (non-hydrogen) atoms. The van der Waals surface area contributed by atoms with Crippen LogP contribution in [0.15, 0.2) is 24.3 Å². The molecule has 0 amide bonds. The van der Waals surface area contributed by atoms with Crippen LogP contribution in [0, 0.1) is 25.2 Å². The fourth-order valence-corrected chi connectivity index (χ4v) is 2.69. The molecule has 0 saturated carbocycles. The topological polar surface area (TPSA) is 0 Å². The smallest absolute Gasteiger partial charge is 0.0165 e. The maximum atomic E-state index is 2.44. The van der Waals surface area contributed by atoms with Crippen LogP contribution in [0.4, 0.5) is 0 Å². The molecule has 0 aromatic heterocycles. The first-order valence-corrected chi connectivity index (χ1v) is 5.25. The maximum Gasteiger partial charge on any atom is -0.0165 e. The molecule has 0 spiro atoms. The van der Waals surface area contributed by atoms with Gasteiger partial charge in [-0.15, -0.1) is 0 Å². The summed E-state index contributed by atoms with van der Waals surface area (Å²) in [5.41, 5.74) is 0. The van der Waals surface area contributed by atoms with Crippen LogP contribution in [0.5, 0.6) is 0 Å². The van der Waals surface area contributed by atoms with E-state index in [1.165, 1.54) is 25.7 Å². The highest BCUT2D eigenvalue weighted by Crippen LogP contribution is 2.38. The number of rotatable bonds is 1. The first-order chi connectivity index (χ1) is 5.92. The Kier molecular flexibility index (Phi) is 3.77. The normalized spacial score (nSPS) is 36.5. The van der Waals surface area contributed by atoms with Gasteiger partial charge in [0.05, 0.1) is 0 Å². The zero-order valence-corrected chi connectivity index (χ0v) is 8.58. The molecular weight excluding hydrogens is 156 g/mol. The monoisotopic (exact) mass is 176 g/mol.